The van der Waals surface area contributed by atoms with Crippen molar-refractivity contribution < 1.29 is 24.2 Å². The molecule has 1 aromatic carbocycles. The van der Waals surface area contributed by atoms with Crippen LogP contribution in [0, 0.1) is 23.3 Å². The number of nitrogens with zero attached hydrogens (tertiary/aromatic N) is 4. The van der Waals surface area contributed by atoms with Gasteiger partial charge in [-0.2, -0.15) is 10.2 Å². The van der Waals surface area contributed by atoms with Crippen molar-refractivity contribution in [3.63, 3.8) is 0 Å². The van der Waals surface area contributed by atoms with Gasteiger partial charge in [0.25, 0.3) is 0 Å². The fraction of sp³-hybridized carbons (Fsp3) is 0.407. The third-order valence-electron chi connectivity index (χ3n) is 7.03. The van der Waals surface area contributed by atoms with Gasteiger partial charge < -0.3 is 20.9 Å². The Bertz CT molecular complexity index is 1250. The van der Waals surface area contributed by atoms with Crippen LogP contribution in [-0.4, -0.2) is 46.1 Å². The summed E-state index contributed by atoms with van der Waals surface area (Å²) >= 11 is 0. The Hall–Kier alpha value is -4.50. The third kappa shape index (κ3) is 7.30. The number of anilines is 2. The molecule has 1 aromatic heterocycles. The minimum absolute atomic E-state index is 0.00709. The number of guanidine groups is 1. The summed E-state index contributed by atoms with van der Waals surface area (Å²) in [6.07, 6.45) is 6.44. The number of amides is 2. The molecule has 2 aromatic rings. The zero-order valence-corrected chi connectivity index (χ0v) is 21.3. The molecule has 0 saturated heterocycles. The molecule has 204 valence electrons. The molecule has 2 fully saturated rings. The Balaban J connectivity index is 1.47. The maximum atomic E-state index is 13.0. The van der Waals surface area contributed by atoms with Crippen LogP contribution in [0.3, 0.4) is 0 Å². The number of hydrogen-bond donors (Lipinski definition) is 4. The maximum absolute atomic E-state index is 13.0. The van der Waals surface area contributed by atoms with Crippen molar-refractivity contribution >= 4 is 35.4 Å². The largest absolute Gasteiger partial charge is 0.480 e. The van der Waals surface area contributed by atoms with Crippen LogP contribution in [0.5, 0.6) is 0 Å². The standard InChI is InChI=1S/C27H31N7O5/c28-16-31-26(33-22-13-18-6-7-19(22)12-18)32-20-8-10-23(30-14-20)34(24(35)11-9-21(29)25(36)37)27(38)39-15-17-4-2-1-3-5-17/h1-5,8,10,14,18-19,21-22H,6-7,9,11-13,15,29H2,(H,36,37)(H2,31,32,33)/t18?,19?,21-,22?/m0/s1. The number of imide groups is 1. The first-order chi connectivity index (χ1) is 18.8. The van der Waals surface area contributed by atoms with Crippen molar-refractivity contribution in [1.82, 2.24) is 10.3 Å². The molecule has 3 unspecified atom stereocenters. The fourth-order valence-electron chi connectivity index (χ4n) is 5.03. The first kappa shape index (κ1) is 27.5. The third-order valence-corrected chi connectivity index (χ3v) is 7.03. The normalized spacial score (nSPS) is 20.5. The van der Waals surface area contributed by atoms with E-state index < -0.39 is 24.0 Å². The SMILES string of the molecule is N#CNC(=NC1CC2CCC1C2)Nc1ccc(N(C(=O)CC[C@H](N)C(=O)O)C(=O)OCc2ccccc2)nc1. The number of ether oxygens (including phenoxy) is 1. The van der Waals surface area contributed by atoms with Crippen molar-refractivity contribution in [3.05, 3.63) is 54.2 Å². The molecule has 4 atom stereocenters. The predicted molar refractivity (Wildman–Crippen MR) is 142 cm³/mol. The Morgan fingerprint density at radius 2 is 2.00 bits per heavy atom. The highest BCUT2D eigenvalue weighted by molar-refractivity contribution is 6.11. The minimum atomic E-state index is -1.25. The zero-order chi connectivity index (χ0) is 27.8. The van der Waals surface area contributed by atoms with E-state index in [2.05, 4.69) is 15.6 Å². The first-order valence-electron chi connectivity index (χ1n) is 12.8. The summed E-state index contributed by atoms with van der Waals surface area (Å²) in [5.74, 6) is -0.423. The number of benzene rings is 1. The van der Waals surface area contributed by atoms with Crippen molar-refractivity contribution in [2.24, 2.45) is 22.6 Å². The first-order valence-corrected chi connectivity index (χ1v) is 12.8. The summed E-state index contributed by atoms with van der Waals surface area (Å²) in [5, 5.41) is 23.8. The monoisotopic (exact) mass is 533 g/mol. The number of nitriles is 1. The number of pyridine rings is 1. The molecule has 12 nitrogen and oxygen atoms in total. The molecule has 4 rings (SSSR count). The van der Waals surface area contributed by atoms with Crippen LogP contribution in [0.2, 0.25) is 0 Å². The van der Waals surface area contributed by atoms with Gasteiger partial charge in [0.15, 0.2) is 6.19 Å². The van der Waals surface area contributed by atoms with Gasteiger partial charge in [0, 0.05) is 6.42 Å². The van der Waals surface area contributed by atoms with Gasteiger partial charge in [-0.15, -0.1) is 0 Å². The molecule has 0 spiro atoms. The average Bonchev–Trinajstić information content (AvgIpc) is 3.56. The van der Waals surface area contributed by atoms with E-state index in [-0.39, 0.29) is 31.3 Å². The molecule has 2 amide bonds. The van der Waals surface area contributed by atoms with Crippen molar-refractivity contribution in [2.75, 3.05) is 10.2 Å². The highest BCUT2D eigenvalue weighted by atomic mass is 16.6. The molecule has 1 heterocycles. The second-order valence-corrected chi connectivity index (χ2v) is 9.74. The quantitative estimate of drug-likeness (QED) is 0.162. The van der Waals surface area contributed by atoms with E-state index in [1.807, 2.05) is 12.3 Å². The van der Waals surface area contributed by atoms with Crippen LogP contribution >= 0.6 is 0 Å². The maximum Gasteiger partial charge on any atom is 0.422 e. The van der Waals surface area contributed by atoms with Gasteiger partial charge in [0.05, 0.1) is 17.9 Å². The molecule has 2 bridgehead atoms. The number of carboxylic acid groups (broad SMARTS) is 1. The van der Waals surface area contributed by atoms with Gasteiger partial charge in [0.1, 0.15) is 18.5 Å². The summed E-state index contributed by atoms with van der Waals surface area (Å²) < 4.78 is 5.34. The minimum Gasteiger partial charge on any atom is -0.480 e. The van der Waals surface area contributed by atoms with Crippen LogP contribution in [0.1, 0.15) is 44.1 Å². The molecule has 2 aliphatic rings. The summed E-state index contributed by atoms with van der Waals surface area (Å²) in [6.45, 7) is -0.0690. The van der Waals surface area contributed by atoms with E-state index in [9.17, 15) is 19.6 Å². The number of aliphatic imine (C=N–C) groups is 1. The lowest BCUT2D eigenvalue weighted by atomic mass is 9.96. The topological polar surface area (TPSA) is 183 Å². The van der Waals surface area contributed by atoms with Crippen LogP contribution in [0.15, 0.2) is 53.7 Å². The van der Waals surface area contributed by atoms with Gasteiger partial charge in [0.2, 0.25) is 11.9 Å². The number of rotatable bonds is 9. The van der Waals surface area contributed by atoms with Crippen LogP contribution in [-0.2, 0) is 20.9 Å². The van der Waals surface area contributed by atoms with Crippen molar-refractivity contribution in [2.45, 2.75) is 57.2 Å². The van der Waals surface area contributed by atoms with Crippen LogP contribution in [0.25, 0.3) is 0 Å². The van der Waals surface area contributed by atoms with E-state index in [1.54, 1.807) is 30.3 Å². The number of fused-ring (bicyclic) bond motifs is 2. The number of carbonyl (C=O) groups is 3. The number of carboxylic acids is 1. The van der Waals surface area contributed by atoms with Gasteiger partial charge in [-0.25, -0.2) is 14.8 Å². The molecule has 39 heavy (non-hydrogen) atoms. The van der Waals surface area contributed by atoms with Gasteiger partial charge in [-0.05, 0) is 55.2 Å². The zero-order valence-electron chi connectivity index (χ0n) is 21.3. The van der Waals surface area contributed by atoms with Crippen LogP contribution < -0.4 is 21.3 Å². The second-order valence-electron chi connectivity index (χ2n) is 9.74. The number of aliphatic carboxylic acids is 1. The smallest absolute Gasteiger partial charge is 0.422 e. The van der Waals surface area contributed by atoms with Gasteiger partial charge >= 0.3 is 12.1 Å². The molecule has 2 aliphatic carbocycles. The number of hydrogen-bond acceptors (Lipinski definition) is 8. The van der Waals surface area contributed by atoms with E-state index in [4.69, 9.17) is 20.6 Å². The summed E-state index contributed by atoms with van der Waals surface area (Å²) in [4.78, 5) is 46.7. The van der Waals surface area contributed by atoms with Gasteiger partial charge in [-0.3, -0.25) is 14.9 Å². The van der Waals surface area contributed by atoms with E-state index in [0.29, 0.717) is 23.5 Å². The summed E-state index contributed by atoms with van der Waals surface area (Å²) in [7, 11) is 0. The summed E-state index contributed by atoms with van der Waals surface area (Å²) in [6, 6.07) is 10.9. The fourth-order valence-corrected chi connectivity index (χ4v) is 5.03. The van der Waals surface area contributed by atoms with Gasteiger partial charge in [-0.1, -0.05) is 36.8 Å². The highest BCUT2D eigenvalue weighted by Crippen LogP contribution is 2.45. The molecule has 12 heteroatoms. The van der Waals surface area contributed by atoms with Crippen LogP contribution in [0.4, 0.5) is 16.3 Å². The number of nitrogens with two attached hydrogens (primary N) is 1. The van der Waals surface area contributed by atoms with E-state index in [1.165, 1.54) is 25.1 Å². The molecule has 0 aliphatic heterocycles. The number of aromatic nitrogens is 1. The molecule has 5 N–H and O–H groups in total. The Labute approximate surface area is 225 Å². The Morgan fingerprint density at radius 1 is 1.21 bits per heavy atom. The average molecular weight is 534 g/mol. The Morgan fingerprint density at radius 3 is 2.62 bits per heavy atom. The molecular formula is C27H31N7O5. The van der Waals surface area contributed by atoms with Crippen molar-refractivity contribution in [1.29, 1.82) is 5.26 Å². The predicted octanol–water partition coefficient (Wildman–Crippen LogP) is 2.97. The highest BCUT2D eigenvalue weighted by Gasteiger charge is 2.39. The number of nitrogens with one attached hydrogen (secondary N) is 2. The second kappa shape index (κ2) is 12.8. The van der Waals surface area contributed by atoms with E-state index in [0.717, 1.165) is 23.3 Å². The lowest BCUT2D eigenvalue weighted by molar-refractivity contribution is -0.138. The molecule has 2 saturated carbocycles. The lowest BCUT2D eigenvalue weighted by Gasteiger charge is -2.21. The summed E-state index contributed by atoms with van der Waals surface area (Å²) in [5.41, 5.74) is 6.75. The molecule has 0 radical (unpaired) electrons. The van der Waals surface area contributed by atoms with Crippen molar-refractivity contribution in [3.8, 4) is 6.19 Å². The lowest BCUT2D eigenvalue weighted by Crippen LogP contribution is -2.39. The molecular weight excluding hydrogens is 502 g/mol. The Kier molecular flexibility index (Phi) is 9.06. The number of carbonyl (C=O) groups excluding carboxylic acids is 2. The van der Waals surface area contributed by atoms with E-state index >= 15 is 0 Å².